The van der Waals surface area contributed by atoms with Crippen molar-refractivity contribution in [2.75, 3.05) is 6.16 Å². The predicted octanol–water partition coefficient (Wildman–Crippen LogP) is 4.10. The SMILES string of the molecule is CC(C)C[P](P)(c1ccccc1)c1ccccc1. The molecule has 0 saturated heterocycles. The summed E-state index contributed by atoms with van der Waals surface area (Å²) in [6.07, 6.45) is 1.24. The quantitative estimate of drug-likeness (QED) is 0.737. The zero-order valence-corrected chi connectivity index (χ0v) is 13.1. The lowest BCUT2D eigenvalue weighted by atomic mass is 10.3. The second-order valence-corrected chi connectivity index (χ2v) is 10.9. The summed E-state index contributed by atoms with van der Waals surface area (Å²) >= 11 is 0. The Bertz CT molecular complexity index is 437. The molecule has 0 fully saturated rings. The Labute approximate surface area is 113 Å². The summed E-state index contributed by atoms with van der Waals surface area (Å²) in [5.74, 6) is 0.705. The van der Waals surface area contributed by atoms with Crippen molar-refractivity contribution in [2.24, 2.45) is 5.92 Å². The van der Waals surface area contributed by atoms with Crippen LogP contribution in [0, 0.1) is 5.92 Å². The third-order valence-corrected chi connectivity index (χ3v) is 9.25. The number of rotatable bonds is 4. The summed E-state index contributed by atoms with van der Waals surface area (Å²) in [5.41, 5.74) is 0. The van der Waals surface area contributed by atoms with E-state index < -0.39 is 6.95 Å². The highest BCUT2D eigenvalue weighted by Gasteiger charge is 2.27. The zero-order valence-electron chi connectivity index (χ0n) is 11.1. The lowest BCUT2D eigenvalue weighted by Gasteiger charge is -2.35. The molecule has 0 N–H and O–H groups in total. The maximum Gasteiger partial charge on any atom is -0.0203 e. The van der Waals surface area contributed by atoms with E-state index in [1.165, 1.54) is 16.8 Å². The molecule has 0 aliphatic rings. The molecule has 0 aromatic heterocycles. The third kappa shape index (κ3) is 3.00. The molecule has 0 saturated carbocycles. The topological polar surface area (TPSA) is 0 Å². The Morgan fingerprint density at radius 1 is 0.833 bits per heavy atom. The van der Waals surface area contributed by atoms with Gasteiger partial charge in [0.1, 0.15) is 0 Å². The maximum absolute atomic E-state index is 3.20. The third-order valence-electron chi connectivity index (χ3n) is 3.09. The maximum atomic E-state index is 3.20. The molecule has 1 unspecified atom stereocenters. The Morgan fingerprint density at radius 2 is 1.22 bits per heavy atom. The van der Waals surface area contributed by atoms with Crippen LogP contribution >= 0.6 is 15.9 Å². The molecular formula is C16H21P2. The molecule has 0 nitrogen and oxygen atoms in total. The minimum atomic E-state index is -1.31. The van der Waals surface area contributed by atoms with Crippen LogP contribution in [0.3, 0.4) is 0 Å². The molecule has 2 rings (SSSR count). The van der Waals surface area contributed by atoms with Crippen molar-refractivity contribution in [3.63, 3.8) is 0 Å². The summed E-state index contributed by atoms with van der Waals surface area (Å²) in [4.78, 5) is 0. The first kappa shape index (κ1) is 13.7. The van der Waals surface area contributed by atoms with Crippen LogP contribution in [-0.2, 0) is 0 Å². The van der Waals surface area contributed by atoms with Gasteiger partial charge in [-0.1, -0.05) is 81.5 Å². The molecule has 0 bridgehead atoms. The van der Waals surface area contributed by atoms with Gasteiger partial charge >= 0.3 is 0 Å². The second kappa shape index (κ2) is 5.96. The van der Waals surface area contributed by atoms with E-state index in [0.717, 1.165) is 0 Å². The lowest BCUT2D eigenvalue weighted by molar-refractivity contribution is 0.746. The first-order chi connectivity index (χ1) is 8.63. The van der Waals surface area contributed by atoms with Gasteiger partial charge in [0.25, 0.3) is 0 Å². The lowest BCUT2D eigenvalue weighted by Crippen LogP contribution is -2.22. The molecule has 0 aliphatic heterocycles. The van der Waals surface area contributed by atoms with Crippen LogP contribution < -0.4 is 10.6 Å². The van der Waals surface area contributed by atoms with Crippen LogP contribution in [0.5, 0.6) is 0 Å². The normalized spacial score (nSPS) is 11.8. The van der Waals surface area contributed by atoms with E-state index in [1.807, 2.05) is 0 Å². The van der Waals surface area contributed by atoms with E-state index in [0.29, 0.717) is 5.92 Å². The summed E-state index contributed by atoms with van der Waals surface area (Å²) < 4.78 is 0. The predicted molar refractivity (Wildman–Crippen MR) is 88.5 cm³/mol. The van der Waals surface area contributed by atoms with Gasteiger partial charge in [0, 0.05) is 0 Å². The fourth-order valence-electron chi connectivity index (χ4n) is 2.32. The van der Waals surface area contributed by atoms with Crippen molar-refractivity contribution >= 4 is 26.5 Å². The first-order valence-electron chi connectivity index (χ1n) is 6.41. The van der Waals surface area contributed by atoms with Gasteiger partial charge in [-0.25, -0.2) is 0 Å². The van der Waals surface area contributed by atoms with Crippen molar-refractivity contribution in [2.45, 2.75) is 13.8 Å². The van der Waals surface area contributed by atoms with Gasteiger partial charge in [-0.15, -0.1) is 8.93 Å². The summed E-state index contributed by atoms with van der Waals surface area (Å²) in [6, 6.07) is 21.9. The Kier molecular flexibility index (Phi) is 4.55. The zero-order chi connectivity index (χ0) is 13.0. The van der Waals surface area contributed by atoms with E-state index >= 15 is 0 Å². The van der Waals surface area contributed by atoms with Crippen molar-refractivity contribution in [3.8, 4) is 0 Å². The molecule has 0 spiro atoms. The average Bonchev–Trinajstić information content (AvgIpc) is 2.40. The van der Waals surface area contributed by atoms with Gasteiger partial charge < -0.3 is 0 Å². The molecule has 0 heterocycles. The minimum Gasteiger partial charge on any atom is -0.107 e. The molecule has 95 valence electrons. The fourth-order valence-corrected chi connectivity index (χ4v) is 7.90. The van der Waals surface area contributed by atoms with Crippen molar-refractivity contribution in [3.05, 3.63) is 60.7 Å². The average molecular weight is 275 g/mol. The van der Waals surface area contributed by atoms with Crippen LogP contribution in [0.4, 0.5) is 0 Å². The van der Waals surface area contributed by atoms with Gasteiger partial charge in [0.05, 0.1) is 0 Å². The molecule has 18 heavy (non-hydrogen) atoms. The number of benzene rings is 2. The molecule has 2 heteroatoms. The van der Waals surface area contributed by atoms with Crippen molar-refractivity contribution in [1.82, 2.24) is 0 Å². The van der Waals surface area contributed by atoms with E-state index in [-0.39, 0.29) is 0 Å². The standard InChI is InChI=1S/C16H21P2/c1-14(2)13-18(17,15-9-5-3-6-10-15)16-11-7-4-8-12-16/h3-12,14H,13,17H2,1-2H3. The van der Waals surface area contributed by atoms with E-state index in [9.17, 15) is 0 Å². The number of hydrogen-bond acceptors (Lipinski definition) is 0. The smallest absolute Gasteiger partial charge is 0.0203 e. The van der Waals surface area contributed by atoms with Crippen LogP contribution in [0.15, 0.2) is 60.7 Å². The highest BCUT2D eigenvalue weighted by atomic mass is 32.1. The van der Waals surface area contributed by atoms with Gasteiger partial charge in [0.15, 0.2) is 0 Å². The summed E-state index contributed by atoms with van der Waals surface area (Å²) in [6.45, 7) is 3.31. The van der Waals surface area contributed by atoms with Gasteiger partial charge in [-0.2, -0.15) is 0 Å². The van der Waals surface area contributed by atoms with Gasteiger partial charge in [0.2, 0.25) is 0 Å². The van der Waals surface area contributed by atoms with E-state index in [2.05, 4.69) is 83.4 Å². The molecule has 0 amide bonds. The van der Waals surface area contributed by atoms with Gasteiger partial charge in [-0.05, 0) is 22.7 Å². The van der Waals surface area contributed by atoms with E-state index in [1.54, 1.807) is 0 Å². The van der Waals surface area contributed by atoms with Crippen LogP contribution in [0.1, 0.15) is 13.8 Å². The van der Waals surface area contributed by atoms with Crippen molar-refractivity contribution in [1.29, 1.82) is 0 Å². The van der Waals surface area contributed by atoms with Gasteiger partial charge in [-0.3, -0.25) is 0 Å². The van der Waals surface area contributed by atoms with Crippen LogP contribution in [0.2, 0.25) is 0 Å². The second-order valence-electron chi connectivity index (χ2n) is 5.12. The fraction of sp³-hybridized carbons (Fsp3) is 0.250. The molecule has 1 atom stereocenters. The highest BCUT2D eigenvalue weighted by molar-refractivity contribution is 8.32. The summed E-state index contributed by atoms with van der Waals surface area (Å²) in [7, 11) is 3.20. The molecular weight excluding hydrogens is 254 g/mol. The van der Waals surface area contributed by atoms with Crippen molar-refractivity contribution < 1.29 is 0 Å². The van der Waals surface area contributed by atoms with Crippen LogP contribution in [-0.4, -0.2) is 6.16 Å². The molecule has 1 radical (unpaired) electrons. The van der Waals surface area contributed by atoms with Crippen LogP contribution in [0.25, 0.3) is 0 Å². The first-order valence-corrected chi connectivity index (χ1v) is 10.00. The molecule has 2 aromatic rings. The highest BCUT2D eigenvalue weighted by Crippen LogP contribution is 2.65. The molecule has 2 aromatic carbocycles. The molecule has 0 aliphatic carbocycles. The Hall–Kier alpha value is -0.700. The Balaban J connectivity index is 2.48. The van der Waals surface area contributed by atoms with E-state index in [4.69, 9.17) is 0 Å². The number of hydrogen-bond donors (Lipinski definition) is 0. The summed E-state index contributed by atoms with van der Waals surface area (Å²) in [5, 5.41) is 2.96. The Morgan fingerprint density at radius 3 is 1.56 bits per heavy atom. The largest absolute Gasteiger partial charge is 0.107 e. The monoisotopic (exact) mass is 275 g/mol. The minimum absolute atomic E-state index is 0.705.